The topological polar surface area (TPSA) is 43.6 Å². The zero-order valence-corrected chi connectivity index (χ0v) is 6.68. The molecule has 0 atom stereocenters. The van der Waals surface area contributed by atoms with Gasteiger partial charge in [-0.15, -0.1) is 5.10 Å². The van der Waals surface area contributed by atoms with Crippen molar-refractivity contribution >= 4 is 0 Å². The third-order valence-electron chi connectivity index (χ3n) is 1.49. The van der Waals surface area contributed by atoms with Crippen LogP contribution in [0, 0.1) is 6.92 Å². The van der Waals surface area contributed by atoms with Crippen LogP contribution >= 0.6 is 0 Å². The van der Waals surface area contributed by atoms with Gasteiger partial charge in [-0.25, -0.2) is 9.67 Å². The molecule has 0 saturated heterocycles. The van der Waals surface area contributed by atoms with Gasteiger partial charge in [-0.2, -0.15) is 0 Å². The molecule has 0 aromatic carbocycles. The lowest BCUT2D eigenvalue weighted by atomic mass is 10.4. The van der Waals surface area contributed by atoms with Gasteiger partial charge in [-0.3, -0.25) is 0 Å². The second-order valence-electron chi connectivity index (χ2n) is 2.49. The predicted molar refractivity (Wildman–Crippen MR) is 43.9 cm³/mol. The zero-order chi connectivity index (χ0) is 8.39. The lowest BCUT2D eigenvalue weighted by Gasteiger charge is -1.95. The summed E-state index contributed by atoms with van der Waals surface area (Å²) in [6.07, 6.45) is 3.56. The van der Waals surface area contributed by atoms with Gasteiger partial charge in [0.2, 0.25) is 0 Å². The first-order chi connectivity index (χ1) is 5.86. The SMILES string of the molecule is Cc1cn(-c2ccccn2)nn1. The van der Waals surface area contributed by atoms with E-state index in [0.717, 1.165) is 11.5 Å². The summed E-state index contributed by atoms with van der Waals surface area (Å²) in [5, 5.41) is 7.76. The van der Waals surface area contributed by atoms with Crippen molar-refractivity contribution in [1.82, 2.24) is 20.0 Å². The summed E-state index contributed by atoms with van der Waals surface area (Å²) >= 11 is 0. The number of hydrogen-bond donors (Lipinski definition) is 0. The minimum absolute atomic E-state index is 0.790. The summed E-state index contributed by atoms with van der Waals surface area (Å²) in [6.45, 7) is 1.90. The van der Waals surface area contributed by atoms with Crippen LogP contribution in [0.4, 0.5) is 0 Å². The van der Waals surface area contributed by atoms with Gasteiger partial charge in [-0.1, -0.05) is 11.3 Å². The van der Waals surface area contributed by atoms with Crippen molar-refractivity contribution in [2.24, 2.45) is 0 Å². The van der Waals surface area contributed by atoms with Gasteiger partial charge in [0.1, 0.15) is 0 Å². The molecule has 0 N–H and O–H groups in total. The molecule has 0 bridgehead atoms. The molecule has 0 saturated carbocycles. The molecule has 2 aromatic rings. The maximum Gasteiger partial charge on any atom is 0.155 e. The van der Waals surface area contributed by atoms with Crippen LogP contribution in [-0.4, -0.2) is 20.0 Å². The molecule has 4 heteroatoms. The molecule has 0 amide bonds. The van der Waals surface area contributed by atoms with Crippen LogP contribution in [0.3, 0.4) is 0 Å². The average Bonchev–Trinajstić information content (AvgIpc) is 2.54. The number of aryl methyl sites for hydroxylation is 1. The highest BCUT2D eigenvalue weighted by molar-refractivity contribution is 5.19. The number of hydrogen-bond acceptors (Lipinski definition) is 3. The van der Waals surface area contributed by atoms with Crippen LogP contribution in [-0.2, 0) is 0 Å². The van der Waals surface area contributed by atoms with E-state index in [0.29, 0.717) is 0 Å². The summed E-state index contributed by atoms with van der Waals surface area (Å²) in [6, 6.07) is 5.67. The first kappa shape index (κ1) is 6.97. The fourth-order valence-corrected chi connectivity index (χ4v) is 0.949. The fraction of sp³-hybridized carbons (Fsp3) is 0.125. The molecule has 12 heavy (non-hydrogen) atoms. The second-order valence-corrected chi connectivity index (χ2v) is 2.49. The molecule has 2 aromatic heterocycles. The number of pyridine rings is 1. The van der Waals surface area contributed by atoms with E-state index in [1.165, 1.54) is 0 Å². The van der Waals surface area contributed by atoms with Crippen molar-refractivity contribution < 1.29 is 0 Å². The highest BCUT2D eigenvalue weighted by Gasteiger charge is 1.97. The van der Waals surface area contributed by atoms with Gasteiger partial charge >= 0.3 is 0 Å². The van der Waals surface area contributed by atoms with E-state index < -0.39 is 0 Å². The molecular weight excluding hydrogens is 152 g/mol. The summed E-state index contributed by atoms with van der Waals surface area (Å²) in [5.41, 5.74) is 0.889. The number of rotatable bonds is 1. The molecule has 60 valence electrons. The Hall–Kier alpha value is -1.71. The van der Waals surface area contributed by atoms with Gasteiger partial charge in [0.25, 0.3) is 0 Å². The standard InChI is InChI=1S/C8H8N4/c1-7-6-12(11-10-7)8-4-2-3-5-9-8/h2-6H,1H3. The molecular formula is C8H8N4. The van der Waals surface area contributed by atoms with E-state index in [-0.39, 0.29) is 0 Å². The van der Waals surface area contributed by atoms with Crippen LogP contribution in [0.15, 0.2) is 30.6 Å². The van der Waals surface area contributed by atoms with E-state index >= 15 is 0 Å². The lowest BCUT2D eigenvalue weighted by Crippen LogP contribution is -1.96. The van der Waals surface area contributed by atoms with Crippen molar-refractivity contribution in [2.75, 3.05) is 0 Å². The smallest absolute Gasteiger partial charge is 0.155 e. The minimum atomic E-state index is 0.790. The lowest BCUT2D eigenvalue weighted by molar-refractivity contribution is 0.780. The first-order valence-corrected chi connectivity index (χ1v) is 3.66. The molecule has 0 aliphatic carbocycles. The summed E-state index contributed by atoms with van der Waals surface area (Å²) in [5.74, 6) is 0.790. The van der Waals surface area contributed by atoms with Crippen molar-refractivity contribution in [2.45, 2.75) is 6.92 Å². The number of nitrogens with zero attached hydrogens (tertiary/aromatic N) is 4. The molecule has 0 spiro atoms. The second kappa shape index (κ2) is 2.73. The van der Waals surface area contributed by atoms with Crippen molar-refractivity contribution in [3.05, 3.63) is 36.3 Å². The Morgan fingerprint density at radius 1 is 1.33 bits per heavy atom. The molecule has 0 fully saturated rings. The van der Waals surface area contributed by atoms with Gasteiger partial charge < -0.3 is 0 Å². The number of aromatic nitrogens is 4. The maximum atomic E-state index is 4.12. The molecule has 2 heterocycles. The van der Waals surface area contributed by atoms with Crippen LogP contribution in [0.5, 0.6) is 0 Å². The highest BCUT2D eigenvalue weighted by atomic mass is 15.4. The van der Waals surface area contributed by atoms with Gasteiger partial charge in [0.05, 0.1) is 11.9 Å². The molecule has 0 unspecified atom stereocenters. The molecule has 0 aliphatic rings. The molecule has 4 nitrogen and oxygen atoms in total. The largest absolute Gasteiger partial charge is 0.237 e. The van der Waals surface area contributed by atoms with Crippen LogP contribution in [0.1, 0.15) is 5.69 Å². The Balaban J connectivity index is 2.45. The summed E-state index contributed by atoms with van der Waals surface area (Å²) in [4.78, 5) is 4.12. The zero-order valence-electron chi connectivity index (χ0n) is 6.68. The van der Waals surface area contributed by atoms with E-state index in [2.05, 4.69) is 15.3 Å². The third-order valence-corrected chi connectivity index (χ3v) is 1.49. The van der Waals surface area contributed by atoms with Crippen molar-refractivity contribution in [3.8, 4) is 5.82 Å². The van der Waals surface area contributed by atoms with Gasteiger partial charge in [0, 0.05) is 6.20 Å². The minimum Gasteiger partial charge on any atom is -0.237 e. The Morgan fingerprint density at radius 2 is 2.25 bits per heavy atom. The van der Waals surface area contributed by atoms with E-state index in [9.17, 15) is 0 Å². The quantitative estimate of drug-likeness (QED) is 0.624. The van der Waals surface area contributed by atoms with Gasteiger partial charge in [0.15, 0.2) is 5.82 Å². The fourth-order valence-electron chi connectivity index (χ4n) is 0.949. The first-order valence-electron chi connectivity index (χ1n) is 3.66. The van der Waals surface area contributed by atoms with Crippen molar-refractivity contribution in [3.63, 3.8) is 0 Å². The molecule has 0 aliphatic heterocycles. The van der Waals surface area contributed by atoms with E-state index in [4.69, 9.17) is 0 Å². The summed E-state index contributed by atoms with van der Waals surface area (Å²) < 4.78 is 1.65. The Kier molecular flexibility index (Phi) is 1.59. The molecule has 0 radical (unpaired) electrons. The molecule has 2 rings (SSSR count). The third kappa shape index (κ3) is 1.18. The summed E-state index contributed by atoms with van der Waals surface area (Å²) in [7, 11) is 0. The van der Waals surface area contributed by atoms with E-state index in [1.54, 1.807) is 10.9 Å². The normalized spacial score (nSPS) is 10.1. The van der Waals surface area contributed by atoms with Crippen LogP contribution in [0.25, 0.3) is 5.82 Å². The Labute approximate surface area is 69.9 Å². The monoisotopic (exact) mass is 160 g/mol. The van der Waals surface area contributed by atoms with Gasteiger partial charge in [-0.05, 0) is 19.1 Å². The van der Waals surface area contributed by atoms with E-state index in [1.807, 2.05) is 31.3 Å². The van der Waals surface area contributed by atoms with Crippen LogP contribution < -0.4 is 0 Å². The van der Waals surface area contributed by atoms with Crippen molar-refractivity contribution in [1.29, 1.82) is 0 Å². The maximum absolute atomic E-state index is 4.12. The Morgan fingerprint density at radius 3 is 2.83 bits per heavy atom. The highest BCUT2D eigenvalue weighted by Crippen LogP contribution is 2.00. The average molecular weight is 160 g/mol. The Bertz CT molecular complexity index is 366. The predicted octanol–water partition coefficient (Wildman–Crippen LogP) is 0.971. The van der Waals surface area contributed by atoms with Crippen LogP contribution in [0.2, 0.25) is 0 Å².